The first-order valence-electron chi connectivity index (χ1n) is 6.98. The molecule has 0 aliphatic rings. The van der Waals surface area contributed by atoms with Gasteiger partial charge in [-0.15, -0.1) is 0 Å². The third-order valence-corrected chi connectivity index (χ3v) is 4.35. The first-order valence-corrected chi connectivity index (χ1v) is 8.63. The topological polar surface area (TPSA) is 58.2 Å². The van der Waals surface area contributed by atoms with Crippen LogP contribution in [0.2, 0.25) is 0 Å². The van der Waals surface area contributed by atoms with Gasteiger partial charge in [-0.3, -0.25) is 4.72 Å². The molecule has 2 N–H and O–H groups in total. The molecular formula is C16H20N2O2S. The number of para-hydroxylation sites is 1. The summed E-state index contributed by atoms with van der Waals surface area (Å²) >= 11 is 0. The van der Waals surface area contributed by atoms with Gasteiger partial charge < -0.3 is 5.32 Å². The van der Waals surface area contributed by atoms with Crippen molar-refractivity contribution in [3.8, 4) is 11.1 Å². The maximum absolute atomic E-state index is 12.1. The van der Waals surface area contributed by atoms with Gasteiger partial charge in [-0.05, 0) is 18.2 Å². The van der Waals surface area contributed by atoms with Crippen LogP contribution in [0.4, 0.5) is 5.69 Å². The van der Waals surface area contributed by atoms with Gasteiger partial charge in [0.1, 0.15) is 0 Å². The molecule has 112 valence electrons. The number of nitrogens with one attached hydrogen (secondary N) is 2. The van der Waals surface area contributed by atoms with Gasteiger partial charge in [-0.25, -0.2) is 8.42 Å². The van der Waals surface area contributed by atoms with E-state index in [1.54, 1.807) is 6.07 Å². The van der Waals surface area contributed by atoms with Crippen molar-refractivity contribution in [1.82, 2.24) is 5.32 Å². The molecule has 2 rings (SSSR count). The van der Waals surface area contributed by atoms with Gasteiger partial charge in [0.25, 0.3) is 0 Å². The molecule has 2 aromatic rings. The second-order valence-corrected chi connectivity index (χ2v) is 6.53. The maximum Gasteiger partial charge on any atom is 0.233 e. The highest BCUT2D eigenvalue weighted by Gasteiger charge is 2.12. The van der Waals surface area contributed by atoms with Crippen LogP contribution >= 0.6 is 0 Å². The van der Waals surface area contributed by atoms with Gasteiger partial charge in [0, 0.05) is 12.1 Å². The molecule has 0 saturated carbocycles. The highest BCUT2D eigenvalue weighted by Crippen LogP contribution is 2.28. The zero-order chi connectivity index (χ0) is 15.1. The molecule has 0 unspecified atom stereocenters. The smallest absolute Gasteiger partial charge is 0.233 e. The monoisotopic (exact) mass is 304 g/mol. The molecule has 4 nitrogen and oxygen atoms in total. The van der Waals surface area contributed by atoms with Crippen molar-refractivity contribution in [2.24, 2.45) is 0 Å². The van der Waals surface area contributed by atoms with Crippen LogP contribution < -0.4 is 10.0 Å². The average molecular weight is 304 g/mol. The number of rotatable bonds is 7. The molecule has 2 aromatic carbocycles. The van der Waals surface area contributed by atoms with E-state index in [1.165, 1.54) is 0 Å². The molecular weight excluding hydrogens is 284 g/mol. The van der Waals surface area contributed by atoms with Crippen LogP contribution in [0.1, 0.15) is 6.92 Å². The van der Waals surface area contributed by atoms with E-state index in [4.69, 9.17) is 0 Å². The van der Waals surface area contributed by atoms with Crippen molar-refractivity contribution < 1.29 is 8.42 Å². The van der Waals surface area contributed by atoms with Gasteiger partial charge in [0.15, 0.2) is 0 Å². The Kier molecular flexibility index (Phi) is 5.36. The van der Waals surface area contributed by atoms with E-state index in [1.807, 2.05) is 55.5 Å². The zero-order valence-electron chi connectivity index (χ0n) is 12.0. The minimum Gasteiger partial charge on any atom is -0.316 e. The lowest BCUT2D eigenvalue weighted by Crippen LogP contribution is -2.26. The van der Waals surface area contributed by atoms with Crippen LogP contribution in [0, 0.1) is 0 Å². The molecule has 0 spiro atoms. The zero-order valence-corrected chi connectivity index (χ0v) is 12.9. The number of anilines is 1. The SMILES string of the molecule is CCNCCS(=O)(=O)Nc1ccccc1-c1ccccc1. The third-order valence-electron chi connectivity index (χ3n) is 3.07. The van der Waals surface area contributed by atoms with Crippen molar-refractivity contribution in [2.75, 3.05) is 23.6 Å². The highest BCUT2D eigenvalue weighted by atomic mass is 32.2. The van der Waals surface area contributed by atoms with E-state index in [0.717, 1.165) is 17.7 Å². The fourth-order valence-electron chi connectivity index (χ4n) is 2.04. The molecule has 0 aliphatic carbocycles. The molecule has 0 fully saturated rings. The first kappa shape index (κ1) is 15.5. The molecule has 0 saturated heterocycles. The number of sulfonamides is 1. The van der Waals surface area contributed by atoms with E-state index in [9.17, 15) is 8.42 Å². The Morgan fingerprint density at radius 1 is 0.952 bits per heavy atom. The molecule has 0 heterocycles. The van der Waals surface area contributed by atoms with Crippen LogP contribution in [0.3, 0.4) is 0 Å². The minimum atomic E-state index is -3.35. The second kappa shape index (κ2) is 7.24. The molecule has 0 aromatic heterocycles. The summed E-state index contributed by atoms with van der Waals surface area (Å²) in [6.07, 6.45) is 0. The summed E-state index contributed by atoms with van der Waals surface area (Å²) in [6, 6.07) is 17.2. The summed E-state index contributed by atoms with van der Waals surface area (Å²) in [5, 5.41) is 3.02. The molecule has 0 radical (unpaired) electrons. The fraction of sp³-hybridized carbons (Fsp3) is 0.250. The fourth-order valence-corrected chi connectivity index (χ4v) is 3.07. The average Bonchev–Trinajstić information content (AvgIpc) is 2.48. The molecule has 0 amide bonds. The molecule has 0 aliphatic heterocycles. The van der Waals surface area contributed by atoms with E-state index in [-0.39, 0.29) is 5.75 Å². The quantitative estimate of drug-likeness (QED) is 0.773. The van der Waals surface area contributed by atoms with Crippen molar-refractivity contribution in [3.63, 3.8) is 0 Å². The van der Waals surface area contributed by atoms with Crippen molar-refractivity contribution in [2.45, 2.75) is 6.92 Å². The van der Waals surface area contributed by atoms with Gasteiger partial charge in [0.2, 0.25) is 10.0 Å². The predicted octanol–water partition coefficient (Wildman–Crippen LogP) is 2.70. The largest absolute Gasteiger partial charge is 0.316 e. The number of hydrogen-bond acceptors (Lipinski definition) is 3. The Bertz CT molecular complexity index is 670. The summed E-state index contributed by atoms with van der Waals surface area (Å²) in [7, 11) is -3.35. The van der Waals surface area contributed by atoms with Gasteiger partial charge in [-0.1, -0.05) is 55.5 Å². The molecule has 0 atom stereocenters. The van der Waals surface area contributed by atoms with Crippen molar-refractivity contribution in [1.29, 1.82) is 0 Å². The van der Waals surface area contributed by atoms with Crippen LogP contribution in [0.5, 0.6) is 0 Å². The summed E-state index contributed by atoms with van der Waals surface area (Å²) in [5.74, 6) is 0.0595. The van der Waals surface area contributed by atoms with Crippen molar-refractivity contribution >= 4 is 15.7 Å². The Morgan fingerprint density at radius 2 is 1.62 bits per heavy atom. The lowest BCUT2D eigenvalue weighted by atomic mass is 10.0. The lowest BCUT2D eigenvalue weighted by Gasteiger charge is -2.13. The van der Waals surface area contributed by atoms with E-state index in [2.05, 4.69) is 10.0 Å². The lowest BCUT2D eigenvalue weighted by molar-refractivity contribution is 0.597. The van der Waals surface area contributed by atoms with Crippen molar-refractivity contribution in [3.05, 3.63) is 54.6 Å². The van der Waals surface area contributed by atoms with E-state index >= 15 is 0 Å². The van der Waals surface area contributed by atoms with Crippen LogP contribution in [0.25, 0.3) is 11.1 Å². The van der Waals surface area contributed by atoms with Gasteiger partial charge >= 0.3 is 0 Å². The summed E-state index contributed by atoms with van der Waals surface area (Å²) in [4.78, 5) is 0. The van der Waals surface area contributed by atoms with Gasteiger partial charge in [0.05, 0.1) is 11.4 Å². The maximum atomic E-state index is 12.1. The summed E-state index contributed by atoms with van der Waals surface area (Å²) in [5.41, 5.74) is 2.48. The minimum absolute atomic E-state index is 0.0595. The highest BCUT2D eigenvalue weighted by molar-refractivity contribution is 7.92. The van der Waals surface area contributed by atoms with E-state index < -0.39 is 10.0 Å². The summed E-state index contributed by atoms with van der Waals surface area (Å²) < 4.78 is 26.9. The summed E-state index contributed by atoms with van der Waals surface area (Å²) in [6.45, 7) is 3.15. The van der Waals surface area contributed by atoms with Crippen LogP contribution in [-0.2, 0) is 10.0 Å². The Labute approximate surface area is 126 Å². The van der Waals surface area contributed by atoms with Crippen LogP contribution in [0.15, 0.2) is 54.6 Å². The predicted molar refractivity (Wildman–Crippen MR) is 87.8 cm³/mol. The van der Waals surface area contributed by atoms with Crippen LogP contribution in [-0.4, -0.2) is 27.3 Å². The van der Waals surface area contributed by atoms with E-state index in [0.29, 0.717) is 12.2 Å². The first-order chi connectivity index (χ1) is 10.1. The Morgan fingerprint density at radius 3 is 2.33 bits per heavy atom. The normalized spacial score (nSPS) is 11.3. The number of hydrogen-bond donors (Lipinski definition) is 2. The second-order valence-electron chi connectivity index (χ2n) is 4.69. The third kappa shape index (κ3) is 4.58. The number of benzene rings is 2. The standard InChI is InChI=1S/C16H20N2O2S/c1-2-17-12-13-21(19,20)18-16-11-7-6-10-15(16)14-8-4-3-5-9-14/h3-11,17-18H,2,12-13H2,1H3. The Balaban J connectivity index is 2.21. The Hall–Kier alpha value is -1.85. The molecule has 0 bridgehead atoms. The van der Waals surface area contributed by atoms with Gasteiger partial charge in [-0.2, -0.15) is 0 Å². The molecule has 5 heteroatoms. The molecule has 21 heavy (non-hydrogen) atoms.